The van der Waals surface area contributed by atoms with Crippen LogP contribution in [0, 0.1) is 5.82 Å². The summed E-state index contributed by atoms with van der Waals surface area (Å²) in [5.74, 6) is -0.332. The molecule has 0 radical (unpaired) electrons. The molecule has 0 aliphatic carbocycles. The molecule has 1 aromatic rings. The minimum absolute atomic E-state index is 0.332. The van der Waals surface area contributed by atoms with E-state index in [4.69, 9.17) is 9.47 Å². The van der Waals surface area contributed by atoms with Crippen molar-refractivity contribution in [2.24, 2.45) is 0 Å². The number of para-hydroxylation sites is 1. The van der Waals surface area contributed by atoms with Crippen molar-refractivity contribution >= 4 is 5.69 Å². The van der Waals surface area contributed by atoms with Gasteiger partial charge in [0.15, 0.2) is 0 Å². The summed E-state index contributed by atoms with van der Waals surface area (Å²) in [5.41, 5.74) is 1.02. The molecule has 0 amide bonds. The zero-order chi connectivity index (χ0) is 15.7. The molecule has 0 aromatic heterocycles. The second kappa shape index (κ2) is 9.71. The van der Waals surface area contributed by atoms with Crippen molar-refractivity contribution in [3.63, 3.8) is 0 Å². The summed E-state index contributed by atoms with van der Waals surface area (Å²) in [6.45, 7) is 8.88. The Morgan fingerprint density at radius 1 is 1.14 bits per heavy atom. The molecular formula is C16H26FNO3. The molecule has 1 aromatic carbocycles. The third kappa shape index (κ3) is 5.61. The van der Waals surface area contributed by atoms with Crippen molar-refractivity contribution < 1.29 is 19.0 Å². The summed E-state index contributed by atoms with van der Waals surface area (Å²) in [5, 5.41) is 9.87. The van der Waals surface area contributed by atoms with Gasteiger partial charge in [-0.25, -0.2) is 4.39 Å². The summed E-state index contributed by atoms with van der Waals surface area (Å²) in [7, 11) is 0. The molecule has 0 saturated heterocycles. The lowest BCUT2D eigenvalue weighted by Crippen LogP contribution is -2.33. The Kier molecular flexibility index (Phi) is 8.27. The Morgan fingerprint density at radius 2 is 1.71 bits per heavy atom. The first-order valence-electron chi connectivity index (χ1n) is 7.48. The number of aliphatic hydroxyl groups excluding tert-OH is 1. The third-order valence-corrected chi connectivity index (χ3v) is 3.20. The van der Waals surface area contributed by atoms with Crippen molar-refractivity contribution in [1.82, 2.24) is 0 Å². The van der Waals surface area contributed by atoms with Crippen LogP contribution in [-0.2, 0) is 9.47 Å². The van der Waals surface area contributed by atoms with E-state index >= 15 is 0 Å². The Hall–Kier alpha value is -1.17. The summed E-state index contributed by atoms with van der Waals surface area (Å²) in [6, 6.07) is 4.77. The number of hydrogen-bond donors (Lipinski definition) is 1. The van der Waals surface area contributed by atoms with E-state index in [1.54, 1.807) is 19.1 Å². The lowest BCUT2D eigenvalue weighted by molar-refractivity contribution is 0.140. The van der Waals surface area contributed by atoms with E-state index in [1.165, 1.54) is 6.07 Å². The molecule has 0 fully saturated rings. The lowest BCUT2D eigenvalue weighted by atomic mass is 10.1. The van der Waals surface area contributed by atoms with Crippen LogP contribution in [0.15, 0.2) is 18.2 Å². The van der Waals surface area contributed by atoms with E-state index in [0.29, 0.717) is 50.8 Å². The topological polar surface area (TPSA) is 41.9 Å². The average Bonchev–Trinajstić information content (AvgIpc) is 2.46. The highest BCUT2D eigenvalue weighted by Crippen LogP contribution is 2.29. The van der Waals surface area contributed by atoms with Gasteiger partial charge in [-0.1, -0.05) is 12.1 Å². The maximum absolute atomic E-state index is 14.2. The molecule has 0 aliphatic rings. The Morgan fingerprint density at radius 3 is 2.19 bits per heavy atom. The number of ether oxygens (including phenoxy) is 2. The van der Waals surface area contributed by atoms with Crippen LogP contribution in [0.2, 0.25) is 0 Å². The summed E-state index contributed by atoms with van der Waals surface area (Å²) in [4.78, 5) is 1.88. The lowest BCUT2D eigenvalue weighted by Gasteiger charge is -2.28. The molecule has 21 heavy (non-hydrogen) atoms. The fourth-order valence-corrected chi connectivity index (χ4v) is 2.18. The van der Waals surface area contributed by atoms with Crippen LogP contribution < -0.4 is 4.90 Å². The molecule has 0 aliphatic heterocycles. The van der Waals surface area contributed by atoms with Crippen molar-refractivity contribution in [2.45, 2.75) is 26.9 Å². The second-order valence-electron chi connectivity index (χ2n) is 4.73. The van der Waals surface area contributed by atoms with Gasteiger partial charge in [0.25, 0.3) is 0 Å². The molecule has 1 N–H and O–H groups in total. The van der Waals surface area contributed by atoms with Crippen LogP contribution in [-0.4, -0.2) is 44.6 Å². The number of rotatable bonds is 10. The van der Waals surface area contributed by atoms with Crippen molar-refractivity contribution in [3.05, 3.63) is 29.6 Å². The number of nitrogens with zero attached hydrogens (tertiary/aromatic N) is 1. The third-order valence-electron chi connectivity index (χ3n) is 3.20. The number of halogens is 1. The maximum Gasteiger partial charge on any atom is 0.146 e. The number of benzene rings is 1. The van der Waals surface area contributed by atoms with Gasteiger partial charge in [0.1, 0.15) is 5.82 Å². The first-order valence-corrected chi connectivity index (χ1v) is 7.48. The smallest absolute Gasteiger partial charge is 0.146 e. The summed E-state index contributed by atoms with van der Waals surface area (Å²) >= 11 is 0. The van der Waals surface area contributed by atoms with Crippen molar-refractivity contribution in [1.29, 1.82) is 0 Å². The number of aliphatic hydroxyl groups is 1. The molecule has 1 rings (SSSR count). The Bertz CT molecular complexity index is 403. The van der Waals surface area contributed by atoms with Crippen LogP contribution in [0.4, 0.5) is 10.1 Å². The SMILES string of the molecule is CCOCCN(CCOCC)c1c(F)cccc1C(C)O. The highest BCUT2D eigenvalue weighted by Gasteiger charge is 2.18. The van der Waals surface area contributed by atoms with Crippen LogP contribution in [0.5, 0.6) is 0 Å². The van der Waals surface area contributed by atoms with Gasteiger partial charge in [-0.3, -0.25) is 0 Å². The van der Waals surface area contributed by atoms with E-state index in [0.717, 1.165) is 0 Å². The normalized spacial score (nSPS) is 12.4. The Labute approximate surface area is 126 Å². The van der Waals surface area contributed by atoms with Gasteiger partial charge in [-0.2, -0.15) is 0 Å². The molecule has 0 saturated carbocycles. The predicted octanol–water partition coefficient (Wildman–Crippen LogP) is 2.76. The zero-order valence-corrected chi connectivity index (χ0v) is 13.1. The highest BCUT2D eigenvalue weighted by molar-refractivity contribution is 5.55. The van der Waals surface area contributed by atoms with Crippen molar-refractivity contribution in [2.75, 3.05) is 44.4 Å². The molecule has 1 atom stereocenters. The first kappa shape index (κ1) is 17.9. The molecule has 4 nitrogen and oxygen atoms in total. The molecule has 0 spiro atoms. The quantitative estimate of drug-likeness (QED) is 0.675. The van der Waals surface area contributed by atoms with Crippen LogP contribution >= 0.6 is 0 Å². The highest BCUT2D eigenvalue weighted by atomic mass is 19.1. The fraction of sp³-hybridized carbons (Fsp3) is 0.625. The van der Waals surface area contributed by atoms with Gasteiger partial charge in [0.2, 0.25) is 0 Å². The molecule has 1 unspecified atom stereocenters. The average molecular weight is 299 g/mol. The standard InChI is InChI=1S/C16H26FNO3/c1-4-20-11-9-18(10-12-21-5-2)16-14(13(3)19)7-6-8-15(16)17/h6-8,13,19H,4-5,9-12H2,1-3H3. The van der Waals surface area contributed by atoms with Gasteiger partial charge in [0.05, 0.1) is 25.0 Å². The molecule has 0 bridgehead atoms. The van der Waals surface area contributed by atoms with Crippen LogP contribution in [0.3, 0.4) is 0 Å². The maximum atomic E-state index is 14.2. The van der Waals surface area contributed by atoms with Crippen LogP contribution in [0.25, 0.3) is 0 Å². The van der Waals surface area contributed by atoms with Gasteiger partial charge in [-0.15, -0.1) is 0 Å². The van der Waals surface area contributed by atoms with E-state index in [1.807, 2.05) is 18.7 Å². The van der Waals surface area contributed by atoms with Gasteiger partial charge in [0, 0.05) is 31.9 Å². The minimum Gasteiger partial charge on any atom is -0.389 e. The zero-order valence-electron chi connectivity index (χ0n) is 13.1. The van der Waals surface area contributed by atoms with E-state index in [-0.39, 0.29) is 5.82 Å². The van der Waals surface area contributed by atoms with Crippen LogP contribution in [0.1, 0.15) is 32.4 Å². The van der Waals surface area contributed by atoms with E-state index in [9.17, 15) is 9.50 Å². The fourth-order valence-electron chi connectivity index (χ4n) is 2.18. The number of anilines is 1. The van der Waals surface area contributed by atoms with E-state index in [2.05, 4.69) is 0 Å². The monoisotopic (exact) mass is 299 g/mol. The largest absolute Gasteiger partial charge is 0.389 e. The minimum atomic E-state index is -0.725. The second-order valence-corrected chi connectivity index (χ2v) is 4.73. The van der Waals surface area contributed by atoms with Gasteiger partial charge >= 0.3 is 0 Å². The van der Waals surface area contributed by atoms with E-state index < -0.39 is 6.10 Å². The number of hydrogen-bond acceptors (Lipinski definition) is 4. The van der Waals surface area contributed by atoms with Crippen molar-refractivity contribution in [3.8, 4) is 0 Å². The molecular weight excluding hydrogens is 273 g/mol. The van der Waals surface area contributed by atoms with Gasteiger partial charge < -0.3 is 19.5 Å². The Balaban J connectivity index is 2.94. The summed E-state index contributed by atoms with van der Waals surface area (Å²) < 4.78 is 25.0. The molecule has 5 heteroatoms. The van der Waals surface area contributed by atoms with Gasteiger partial charge in [-0.05, 0) is 26.8 Å². The molecule has 0 heterocycles. The predicted molar refractivity (Wildman–Crippen MR) is 82.2 cm³/mol. The summed E-state index contributed by atoms with van der Waals surface area (Å²) in [6.07, 6.45) is -0.725. The molecule has 120 valence electrons. The first-order chi connectivity index (χ1) is 10.1.